The summed E-state index contributed by atoms with van der Waals surface area (Å²) in [7, 11) is 0. The van der Waals surface area contributed by atoms with E-state index in [1.165, 1.54) is 19.3 Å². The van der Waals surface area contributed by atoms with Crippen LogP contribution in [0.2, 0.25) is 0 Å². The van der Waals surface area contributed by atoms with E-state index >= 15 is 0 Å². The van der Waals surface area contributed by atoms with Crippen LogP contribution in [0.5, 0.6) is 5.75 Å². The van der Waals surface area contributed by atoms with Crippen LogP contribution in [0.1, 0.15) is 19.3 Å². The van der Waals surface area contributed by atoms with Gasteiger partial charge in [-0.25, -0.2) is 0 Å². The van der Waals surface area contributed by atoms with E-state index < -0.39 is 6.10 Å². The summed E-state index contributed by atoms with van der Waals surface area (Å²) in [5.41, 5.74) is 0. The first-order valence-electron chi connectivity index (χ1n) is 6.53. The molecule has 1 aromatic rings. The van der Waals surface area contributed by atoms with Crippen molar-refractivity contribution in [3.05, 3.63) is 28.7 Å². The minimum absolute atomic E-state index is 0.359. The van der Waals surface area contributed by atoms with Crippen molar-refractivity contribution in [3.8, 4) is 5.75 Å². The molecular formula is C14H20BrNO2. The predicted octanol–water partition coefficient (Wildman–Crippen LogP) is 2.67. The zero-order chi connectivity index (χ0) is 12.8. The molecule has 0 aliphatic carbocycles. The number of ether oxygens (including phenoxy) is 1. The van der Waals surface area contributed by atoms with Gasteiger partial charge in [0.05, 0.1) is 0 Å². The van der Waals surface area contributed by atoms with Crippen molar-refractivity contribution in [1.82, 2.24) is 4.90 Å². The van der Waals surface area contributed by atoms with Crippen molar-refractivity contribution >= 4 is 15.9 Å². The van der Waals surface area contributed by atoms with Crippen LogP contribution in [0.15, 0.2) is 28.7 Å². The molecule has 0 spiro atoms. The number of β-amino-alcohol motifs (C(OH)–C–C–N with tert-alkyl or cyclic N) is 1. The molecule has 0 saturated carbocycles. The molecule has 1 saturated heterocycles. The quantitative estimate of drug-likeness (QED) is 0.907. The van der Waals surface area contributed by atoms with Gasteiger partial charge in [0.15, 0.2) is 0 Å². The SMILES string of the molecule is O[C@@H](COc1ccc(Br)cc1)CN1CCCCC1. The molecule has 0 aromatic heterocycles. The smallest absolute Gasteiger partial charge is 0.119 e. The number of aliphatic hydroxyl groups excluding tert-OH is 1. The average molecular weight is 314 g/mol. The van der Waals surface area contributed by atoms with Crippen molar-refractivity contribution in [2.24, 2.45) is 0 Å². The molecule has 0 amide bonds. The third-order valence-electron chi connectivity index (χ3n) is 3.17. The molecule has 18 heavy (non-hydrogen) atoms. The molecule has 0 radical (unpaired) electrons. The Balaban J connectivity index is 1.70. The normalized spacial score (nSPS) is 18.6. The highest BCUT2D eigenvalue weighted by molar-refractivity contribution is 9.10. The van der Waals surface area contributed by atoms with Crippen LogP contribution in [-0.2, 0) is 0 Å². The standard InChI is InChI=1S/C14H20BrNO2/c15-12-4-6-14(7-5-12)18-11-13(17)10-16-8-2-1-3-9-16/h4-7,13,17H,1-3,8-11H2/t13-/m1/s1. The molecule has 1 aliphatic heterocycles. The van der Waals surface area contributed by atoms with Crippen molar-refractivity contribution in [3.63, 3.8) is 0 Å². The third-order valence-corrected chi connectivity index (χ3v) is 3.70. The third kappa shape index (κ3) is 4.59. The lowest BCUT2D eigenvalue weighted by Crippen LogP contribution is -2.38. The van der Waals surface area contributed by atoms with E-state index in [0.29, 0.717) is 6.61 Å². The Morgan fingerprint density at radius 3 is 2.50 bits per heavy atom. The predicted molar refractivity (Wildman–Crippen MR) is 75.9 cm³/mol. The lowest BCUT2D eigenvalue weighted by Gasteiger charge is -2.28. The molecule has 0 unspecified atom stereocenters. The Kier molecular flexibility index (Phi) is 5.47. The van der Waals surface area contributed by atoms with Crippen molar-refractivity contribution < 1.29 is 9.84 Å². The highest BCUT2D eigenvalue weighted by atomic mass is 79.9. The second-order valence-corrected chi connectivity index (χ2v) is 5.70. The summed E-state index contributed by atoms with van der Waals surface area (Å²) in [4.78, 5) is 2.32. The van der Waals surface area contributed by atoms with Gasteiger partial charge in [-0.2, -0.15) is 0 Å². The first-order valence-corrected chi connectivity index (χ1v) is 7.32. The van der Waals surface area contributed by atoms with Gasteiger partial charge < -0.3 is 14.7 Å². The fourth-order valence-corrected chi connectivity index (χ4v) is 2.48. The molecule has 100 valence electrons. The highest BCUT2D eigenvalue weighted by Crippen LogP contribution is 2.16. The van der Waals surface area contributed by atoms with E-state index in [1.807, 2.05) is 24.3 Å². The number of hydrogen-bond donors (Lipinski definition) is 1. The zero-order valence-electron chi connectivity index (χ0n) is 10.5. The van der Waals surface area contributed by atoms with E-state index in [-0.39, 0.29) is 0 Å². The van der Waals surface area contributed by atoms with Gasteiger partial charge in [0, 0.05) is 11.0 Å². The number of rotatable bonds is 5. The van der Waals surface area contributed by atoms with E-state index in [0.717, 1.165) is 29.9 Å². The summed E-state index contributed by atoms with van der Waals surface area (Å²) in [5.74, 6) is 0.802. The van der Waals surface area contributed by atoms with Crippen molar-refractivity contribution in [2.75, 3.05) is 26.2 Å². The summed E-state index contributed by atoms with van der Waals surface area (Å²) in [6.45, 7) is 3.29. The second-order valence-electron chi connectivity index (χ2n) is 4.78. The Morgan fingerprint density at radius 2 is 1.83 bits per heavy atom. The van der Waals surface area contributed by atoms with E-state index in [4.69, 9.17) is 4.74 Å². The Morgan fingerprint density at radius 1 is 1.17 bits per heavy atom. The second kappa shape index (κ2) is 7.12. The Hall–Kier alpha value is -0.580. The topological polar surface area (TPSA) is 32.7 Å². The van der Waals surface area contributed by atoms with Gasteiger partial charge in [-0.1, -0.05) is 22.4 Å². The minimum atomic E-state index is -0.410. The molecule has 2 rings (SSSR count). The lowest BCUT2D eigenvalue weighted by atomic mass is 10.1. The maximum Gasteiger partial charge on any atom is 0.119 e. The van der Waals surface area contributed by atoms with E-state index in [1.54, 1.807) is 0 Å². The van der Waals surface area contributed by atoms with Gasteiger partial charge in [-0.3, -0.25) is 0 Å². The molecule has 0 bridgehead atoms. The molecule has 1 fully saturated rings. The average Bonchev–Trinajstić information content (AvgIpc) is 2.39. The van der Waals surface area contributed by atoms with Crippen LogP contribution < -0.4 is 4.74 Å². The number of hydrogen-bond acceptors (Lipinski definition) is 3. The van der Waals surface area contributed by atoms with Crippen molar-refractivity contribution in [2.45, 2.75) is 25.4 Å². The van der Waals surface area contributed by atoms with Crippen LogP contribution in [0.25, 0.3) is 0 Å². The fraction of sp³-hybridized carbons (Fsp3) is 0.571. The van der Waals surface area contributed by atoms with Crippen molar-refractivity contribution in [1.29, 1.82) is 0 Å². The molecule has 1 aromatic carbocycles. The monoisotopic (exact) mass is 313 g/mol. The summed E-state index contributed by atoms with van der Waals surface area (Å²) in [5, 5.41) is 9.94. The number of benzene rings is 1. The van der Waals surface area contributed by atoms with Gasteiger partial charge in [-0.05, 0) is 50.2 Å². The Labute approximate surface area is 117 Å². The van der Waals surface area contributed by atoms with Gasteiger partial charge in [0.1, 0.15) is 18.5 Å². The fourth-order valence-electron chi connectivity index (χ4n) is 2.22. The van der Waals surface area contributed by atoms with E-state index in [9.17, 15) is 5.11 Å². The molecule has 4 heteroatoms. The van der Waals surface area contributed by atoms with E-state index in [2.05, 4.69) is 20.8 Å². The molecule has 1 atom stereocenters. The van der Waals surface area contributed by atoms with Gasteiger partial charge in [-0.15, -0.1) is 0 Å². The zero-order valence-corrected chi connectivity index (χ0v) is 12.1. The maximum atomic E-state index is 9.94. The van der Waals surface area contributed by atoms with Gasteiger partial charge in [0.2, 0.25) is 0 Å². The molecule has 1 heterocycles. The minimum Gasteiger partial charge on any atom is -0.491 e. The number of piperidine rings is 1. The first kappa shape index (κ1) is 13.8. The van der Waals surface area contributed by atoms with Crippen LogP contribution in [0, 0.1) is 0 Å². The number of halogens is 1. The molecule has 1 aliphatic rings. The summed E-state index contributed by atoms with van der Waals surface area (Å²) in [6, 6.07) is 7.67. The van der Waals surface area contributed by atoms with Crippen LogP contribution >= 0.6 is 15.9 Å². The number of likely N-dealkylation sites (tertiary alicyclic amines) is 1. The summed E-state index contributed by atoms with van der Waals surface area (Å²) >= 11 is 3.38. The van der Waals surface area contributed by atoms with Crippen LogP contribution in [0.3, 0.4) is 0 Å². The van der Waals surface area contributed by atoms with Gasteiger partial charge >= 0.3 is 0 Å². The maximum absolute atomic E-state index is 9.94. The highest BCUT2D eigenvalue weighted by Gasteiger charge is 2.14. The molecule has 3 nitrogen and oxygen atoms in total. The first-order chi connectivity index (χ1) is 8.74. The molecule has 1 N–H and O–H groups in total. The Bertz CT molecular complexity index is 349. The number of aliphatic hydroxyl groups is 1. The molecular weight excluding hydrogens is 294 g/mol. The lowest BCUT2D eigenvalue weighted by molar-refractivity contribution is 0.0617. The summed E-state index contributed by atoms with van der Waals surface area (Å²) < 4.78 is 6.60. The largest absolute Gasteiger partial charge is 0.491 e. The van der Waals surface area contributed by atoms with Gasteiger partial charge in [0.25, 0.3) is 0 Å². The van der Waals surface area contributed by atoms with Crippen LogP contribution in [-0.4, -0.2) is 42.4 Å². The van der Waals surface area contributed by atoms with Crippen LogP contribution in [0.4, 0.5) is 0 Å². The summed E-state index contributed by atoms with van der Waals surface area (Å²) in [6.07, 6.45) is 3.41. The number of nitrogens with zero attached hydrogens (tertiary/aromatic N) is 1.